The molecule has 4 heterocycles. The molecule has 1 fully saturated rings. The Labute approximate surface area is 196 Å². The van der Waals surface area contributed by atoms with E-state index in [-0.39, 0.29) is 38.9 Å². The van der Waals surface area contributed by atoms with Crippen LogP contribution < -0.4 is 11.0 Å². The van der Waals surface area contributed by atoms with Crippen LogP contribution in [0.25, 0.3) is 16.7 Å². The molecule has 8 nitrogen and oxygen atoms in total. The molecule has 34 heavy (non-hydrogen) atoms. The average molecular weight is 479 g/mol. The van der Waals surface area contributed by atoms with Crippen LogP contribution in [0.4, 0.5) is 0 Å². The summed E-state index contributed by atoms with van der Waals surface area (Å²) in [7, 11) is -4.06. The summed E-state index contributed by atoms with van der Waals surface area (Å²) in [5.74, 6) is 0. The number of aromatic nitrogens is 3. The molecule has 0 spiro atoms. The fourth-order valence-corrected chi connectivity index (χ4v) is 5.92. The van der Waals surface area contributed by atoms with Crippen molar-refractivity contribution in [2.75, 3.05) is 6.61 Å². The monoisotopic (exact) mass is 478 g/mol. The maximum Gasteiger partial charge on any atom is 0.267 e. The van der Waals surface area contributed by atoms with E-state index in [2.05, 4.69) is 0 Å². The van der Waals surface area contributed by atoms with Crippen molar-refractivity contribution in [3.8, 4) is 0 Å². The Morgan fingerprint density at radius 3 is 2.59 bits per heavy atom. The second kappa shape index (κ2) is 8.18. The lowest BCUT2D eigenvalue weighted by Crippen LogP contribution is -2.33. The van der Waals surface area contributed by atoms with Crippen LogP contribution >= 0.6 is 0 Å². The van der Waals surface area contributed by atoms with E-state index < -0.39 is 9.84 Å². The molecule has 3 aromatic heterocycles. The summed E-state index contributed by atoms with van der Waals surface area (Å²) in [5, 5.41) is 9.06. The lowest BCUT2D eigenvalue weighted by Gasteiger charge is -2.18. The summed E-state index contributed by atoms with van der Waals surface area (Å²) >= 11 is 0. The molecule has 0 aliphatic carbocycles. The van der Waals surface area contributed by atoms with Gasteiger partial charge in [-0.05, 0) is 74.6 Å². The Balaban J connectivity index is 1.86. The third-order valence-electron chi connectivity index (χ3n) is 6.59. The van der Waals surface area contributed by atoms with Crippen LogP contribution in [-0.2, 0) is 21.1 Å². The highest BCUT2D eigenvalue weighted by molar-refractivity contribution is 7.91. The minimum absolute atomic E-state index is 0.0943. The molecule has 5 rings (SSSR count). The van der Waals surface area contributed by atoms with Gasteiger partial charge in [0.2, 0.25) is 9.84 Å². The van der Waals surface area contributed by atoms with E-state index in [1.807, 2.05) is 26.8 Å². The fraction of sp³-hybridized carbons (Fsp3) is 0.320. The van der Waals surface area contributed by atoms with E-state index in [1.54, 1.807) is 30.5 Å². The largest absolute Gasteiger partial charge is 0.376 e. The van der Waals surface area contributed by atoms with Gasteiger partial charge < -0.3 is 9.30 Å². The Bertz CT molecular complexity index is 1680. The summed E-state index contributed by atoms with van der Waals surface area (Å²) in [6, 6.07) is 9.81. The van der Waals surface area contributed by atoms with Gasteiger partial charge in [-0.15, -0.1) is 0 Å². The van der Waals surface area contributed by atoms with Crippen molar-refractivity contribution in [2.24, 2.45) is 0 Å². The van der Waals surface area contributed by atoms with Crippen molar-refractivity contribution < 1.29 is 13.2 Å². The summed E-state index contributed by atoms with van der Waals surface area (Å²) in [6.07, 6.45) is 3.14. The third-order valence-corrected chi connectivity index (χ3v) is 8.35. The third kappa shape index (κ3) is 3.56. The molecule has 1 atom stereocenters. The number of pyridine rings is 2. The number of benzene rings is 1. The van der Waals surface area contributed by atoms with Gasteiger partial charge in [0.05, 0.1) is 22.9 Å². The highest BCUT2D eigenvalue weighted by Crippen LogP contribution is 2.24. The first-order valence-corrected chi connectivity index (χ1v) is 12.7. The van der Waals surface area contributed by atoms with E-state index in [9.17, 15) is 13.2 Å². The maximum atomic E-state index is 13.7. The van der Waals surface area contributed by atoms with Gasteiger partial charge in [0.1, 0.15) is 21.7 Å². The quantitative estimate of drug-likeness (QED) is 0.454. The van der Waals surface area contributed by atoms with Crippen molar-refractivity contribution >= 4 is 26.5 Å². The SMILES string of the molecule is Cc1ccc(S(=O)(=O)c2cc3c(=O)n4cccc(C)c4nc3n(C[C@@H]3CCCO3)c2=N)cc1C. The van der Waals surface area contributed by atoms with Gasteiger partial charge in [0.15, 0.2) is 0 Å². The molecule has 0 bridgehead atoms. The van der Waals surface area contributed by atoms with Gasteiger partial charge in [-0.3, -0.25) is 14.6 Å². The Kier molecular flexibility index (Phi) is 5.41. The first-order chi connectivity index (χ1) is 16.2. The topological polar surface area (TPSA) is 107 Å². The Morgan fingerprint density at radius 2 is 1.88 bits per heavy atom. The Hall–Kier alpha value is -3.30. The highest BCUT2D eigenvalue weighted by atomic mass is 32.2. The number of fused-ring (bicyclic) bond motifs is 2. The Morgan fingerprint density at radius 1 is 1.09 bits per heavy atom. The van der Waals surface area contributed by atoms with Crippen LogP contribution in [0.3, 0.4) is 0 Å². The van der Waals surface area contributed by atoms with Crippen molar-refractivity contribution in [2.45, 2.75) is 56.1 Å². The molecule has 1 aliphatic heterocycles. The summed E-state index contributed by atoms with van der Waals surface area (Å²) in [6.45, 7) is 6.49. The van der Waals surface area contributed by atoms with E-state index >= 15 is 0 Å². The molecular weight excluding hydrogens is 452 g/mol. The molecule has 1 saturated heterocycles. The van der Waals surface area contributed by atoms with Crippen molar-refractivity contribution in [3.63, 3.8) is 0 Å². The van der Waals surface area contributed by atoms with Gasteiger partial charge in [-0.2, -0.15) is 0 Å². The van der Waals surface area contributed by atoms with E-state index in [4.69, 9.17) is 15.1 Å². The zero-order chi connectivity index (χ0) is 24.2. The first kappa shape index (κ1) is 22.5. The van der Waals surface area contributed by atoms with Gasteiger partial charge in [0.25, 0.3) is 5.56 Å². The summed E-state index contributed by atoms with van der Waals surface area (Å²) in [5.41, 5.74) is 2.81. The molecule has 0 unspecified atom stereocenters. The van der Waals surface area contributed by atoms with Gasteiger partial charge in [-0.25, -0.2) is 13.4 Å². The normalized spacial score (nSPS) is 16.5. The number of aryl methyl sites for hydroxylation is 3. The first-order valence-electron chi connectivity index (χ1n) is 11.2. The summed E-state index contributed by atoms with van der Waals surface area (Å²) in [4.78, 5) is 18.1. The molecule has 1 N–H and O–H groups in total. The number of hydrogen-bond donors (Lipinski definition) is 1. The smallest absolute Gasteiger partial charge is 0.267 e. The van der Waals surface area contributed by atoms with Crippen LogP contribution in [0.2, 0.25) is 0 Å². The molecule has 1 aromatic carbocycles. The fourth-order valence-electron chi connectivity index (χ4n) is 4.45. The van der Waals surface area contributed by atoms with Crippen LogP contribution in [-0.4, -0.2) is 35.1 Å². The van der Waals surface area contributed by atoms with Gasteiger partial charge >= 0.3 is 0 Å². The number of nitrogens with zero attached hydrogens (tertiary/aromatic N) is 3. The van der Waals surface area contributed by atoms with Crippen molar-refractivity contribution in [1.29, 1.82) is 5.41 Å². The molecule has 0 radical (unpaired) electrons. The highest BCUT2D eigenvalue weighted by Gasteiger charge is 2.26. The minimum Gasteiger partial charge on any atom is -0.376 e. The van der Waals surface area contributed by atoms with Crippen molar-refractivity contribution in [1.82, 2.24) is 14.0 Å². The molecule has 0 saturated carbocycles. The zero-order valence-corrected chi connectivity index (χ0v) is 20.1. The van der Waals surface area contributed by atoms with Gasteiger partial charge in [-0.1, -0.05) is 12.1 Å². The maximum absolute atomic E-state index is 13.7. The molecule has 176 valence electrons. The second-order valence-electron chi connectivity index (χ2n) is 8.89. The van der Waals surface area contributed by atoms with Crippen LogP contribution in [0.5, 0.6) is 0 Å². The van der Waals surface area contributed by atoms with Crippen LogP contribution in [0.1, 0.15) is 29.5 Å². The number of nitrogens with one attached hydrogen (secondary N) is 1. The number of ether oxygens (including phenoxy) is 1. The molecule has 9 heteroatoms. The number of rotatable bonds is 4. The predicted molar refractivity (Wildman–Crippen MR) is 128 cm³/mol. The van der Waals surface area contributed by atoms with Crippen LogP contribution in [0.15, 0.2) is 57.2 Å². The number of sulfone groups is 1. The summed E-state index contributed by atoms with van der Waals surface area (Å²) < 4.78 is 36.1. The zero-order valence-electron chi connectivity index (χ0n) is 19.3. The van der Waals surface area contributed by atoms with E-state index in [1.165, 1.54) is 15.0 Å². The predicted octanol–water partition coefficient (Wildman–Crippen LogP) is 3.07. The second-order valence-corrected chi connectivity index (χ2v) is 10.8. The van der Waals surface area contributed by atoms with E-state index in [0.717, 1.165) is 29.5 Å². The molecule has 4 aromatic rings. The molecule has 0 amide bonds. The van der Waals surface area contributed by atoms with Crippen molar-refractivity contribution in [3.05, 3.63) is 75.1 Å². The average Bonchev–Trinajstić information content (AvgIpc) is 3.31. The van der Waals surface area contributed by atoms with Crippen LogP contribution in [0, 0.1) is 26.2 Å². The minimum atomic E-state index is -4.06. The van der Waals surface area contributed by atoms with E-state index in [0.29, 0.717) is 17.9 Å². The van der Waals surface area contributed by atoms with Gasteiger partial charge in [0, 0.05) is 12.8 Å². The molecular formula is C25H26N4O4S. The standard InChI is InChI=1S/C25H26N4O4S/c1-15-8-9-19(12-17(15)3)34(31,32)21-13-20-24(29(22(21)26)14-18-7-5-11-33-18)27-23-16(2)6-4-10-28(23)25(20)30/h4,6,8-10,12-13,18,26H,5,7,11,14H2,1-3H3/t18-/m0/s1. The lowest BCUT2D eigenvalue weighted by atomic mass is 10.1. The molecule has 1 aliphatic rings. The number of hydrogen-bond acceptors (Lipinski definition) is 6. The lowest BCUT2D eigenvalue weighted by molar-refractivity contribution is 0.0965.